The van der Waals surface area contributed by atoms with Crippen molar-refractivity contribution in [3.63, 3.8) is 0 Å². The smallest absolute Gasteiger partial charge is 0.226 e. The summed E-state index contributed by atoms with van der Waals surface area (Å²) < 4.78 is 5.29. The number of benzene rings is 2. The summed E-state index contributed by atoms with van der Waals surface area (Å²) in [6.07, 6.45) is 5.53. The molecule has 1 saturated heterocycles. The summed E-state index contributed by atoms with van der Waals surface area (Å²) in [6.45, 7) is 1.05. The van der Waals surface area contributed by atoms with Crippen LogP contribution < -0.4 is 10.1 Å². The molecule has 2 aromatic rings. The van der Waals surface area contributed by atoms with E-state index in [4.69, 9.17) is 4.74 Å². The molecule has 0 unspecified atom stereocenters. The lowest BCUT2D eigenvalue weighted by molar-refractivity contribution is -0.130. The van der Waals surface area contributed by atoms with E-state index in [1.165, 1.54) is 6.42 Å². The Morgan fingerprint density at radius 2 is 1.77 bits per heavy atom. The van der Waals surface area contributed by atoms with Crippen molar-refractivity contribution in [2.24, 2.45) is 5.92 Å². The summed E-state index contributed by atoms with van der Waals surface area (Å²) in [5, 5.41) is 3.37. The molecular weight excluding hydrogens is 376 g/mol. The van der Waals surface area contributed by atoms with Gasteiger partial charge in [0.25, 0.3) is 0 Å². The highest BCUT2D eigenvalue weighted by atomic mass is 16.5. The van der Waals surface area contributed by atoms with E-state index in [0.29, 0.717) is 13.1 Å². The third kappa shape index (κ3) is 4.35. The fourth-order valence-electron chi connectivity index (χ4n) is 4.79. The number of ether oxygens (including phenoxy) is 1. The van der Waals surface area contributed by atoms with Gasteiger partial charge in [-0.3, -0.25) is 9.59 Å². The molecule has 2 fully saturated rings. The number of hydrogen-bond acceptors (Lipinski definition) is 3. The van der Waals surface area contributed by atoms with Gasteiger partial charge in [0, 0.05) is 19.5 Å². The molecule has 2 aromatic carbocycles. The first-order valence-corrected chi connectivity index (χ1v) is 10.9. The van der Waals surface area contributed by atoms with Gasteiger partial charge < -0.3 is 15.0 Å². The molecule has 1 aliphatic carbocycles. The van der Waals surface area contributed by atoms with Crippen LogP contribution in [0.5, 0.6) is 5.75 Å². The number of carbonyl (C=O) groups is 2. The van der Waals surface area contributed by atoms with Crippen LogP contribution in [-0.2, 0) is 21.7 Å². The van der Waals surface area contributed by atoms with Gasteiger partial charge >= 0.3 is 0 Å². The first-order valence-electron chi connectivity index (χ1n) is 10.9. The van der Waals surface area contributed by atoms with E-state index in [2.05, 4.69) is 17.4 Å². The molecule has 158 valence electrons. The molecular formula is C25H30N2O3. The van der Waals surface area contributed by atoms with Gasteiger partial charge in [-0.05, 0) is 36.1 Å². The predicted octanol–water partition coefficient (Wildman–Crippen LogP) is 4.02. The van der Waals surface area contributed by atoms with E-state index in [-0.39, 0.29) is 29.7 Å². The normalized spacial score (nSPS) is 20.8. The van der Waals surface area contributed by atoms with Crippen LogP contribution in [0.15, 0.2) is 54.6 Å². The highest BCUT2D eigenvalue weighted by molar-refractivity contribution is 5.89. The molecule has 5 heteroatoms. The molecule has 4 rings (SSSR count). The van der Waals surface area contributed by atoms with Crippen molar-refractivity contribution >= 4 is 11.8 Å². The quantitative estimate of drug-likeness (QED) is 0.788. The fraction of sp³-hybridized carbons (Fsp3) is 0.440. The number of rotatable bonds is 6. The van der Waals surface area contributed by atoms with Gasteiger partial charge in [0.1, 0.15) is 5.75 Å². The van der Waals surface area contributed by atoms with Crippen molar-refractivity contribution in [3.8, 4) is 5.75 Å². The van der Waals surface area contributed by atoms with Gasteiger partial charge in [-0.1, -0.05) is 61.7 Å². The molecule has 5 nitrogen and oxygen atoms in total. The summed E-state index contributed by atoms with van der Waals surface area (Å²) >= 11 is 0. The minimum atomic E-state index is -0.350. The Morgan fingerprint density at radius 3 is 2.43 bits per heavy atom. The standard InChI is InChI=1S/C25H30N2O3/c1-30-22-12-10-21(11-13-22)25(14-6-3-7-15-25)26-24(29)20-16-23(28)27(18-20)17-19-8-4-2-5-9-19/h2,4-5,8-13,20H,3,6-7,14-18H2,1H3,(H,26,29)/t20-/m1/s1. The average molecular weight is 407 g/mol. The summed E-state index contributed by atoms with van der Waals surface area (Å²) in [7, 11) is 1.66. The minimum Gasteiger partial charge on any atom is -0.497 e. The molecule has 1 N–H and O–H groups in total. The molecule has 0 spiro atoms. The number of nitrogens with one attached hydrogen (secondary N) is 1. The molecule has 1 aliphatic heterocycles. The maximum atomic E-state index is 13.2. The molecule has 30 heavy (non-hydrogen) atoms. The largest absolute Gasteiger partial charge is 0.497 e. The second-order valence-electron chi connectivity index (χ2n) is 8.52. The van der Waals surface area contributed by atoms with E-state index in [1.807, 2.05) is 42.5 Å². The van der Waals surface area contributed by atoms with Crippen LogP contribution in [0.4, 0.5) is 0 Å². The predicted molar refractivity (Wildman–Crippen MR) is 116 cm³/mol. The zero-order valence-corrected chi connectivity index (χ0v) is 17.6. The zero-order chi connectivity index (χ0) is 21.0. The Kier molecular flexibility index (Phi) is 6.07. The SMILES string of the molecule is COc1ccc(C2(NC(=O)[C@@H]3CC(=O)N(Cc4ccccc4)C3)CCCCC2)cc1. The van der Waals surface area contributed by atoms with Gasteiger partial charge in [-0.15, -0.1) is 0 Å². The lowest BCUT2D eigenvalue weighted by atomic mass is 9.76. The van der Waals surface area contributed by atoms with Crippen molar-refractivity contribution < 1.29 is 14.3 Å². The summed E-state index contributed by atoms with van der Waals surface area (Å²) in [6, 6.07) is 18.0. The minimum absolute atomic E-state index is 0.00312. The van der Waals surface area contributed by atoms with Gasteiger partial charge in [0.05, 0.1) is 18.6 Å². The Balaban J connectivity index is 1.47. The molecule has 1 heterocycles. The third-order valence-electron chi connectivity index (χ3n) is 6.51. The van der Waals surface area contributed by atoms with Crippen LogP contribution in [-0.4, -0.2) is 30.4 Å². The van der Waals surface area contributed by atoms with E-state index >= 15 is 0 Å². The molecule has 2 aliphatic rings. The van der Waals surface area contributed by atoms with Crippen LogP contribution in [0.25, 0.3) is 0 Å². The number of likely N-dealkylation sites (tertiary alicyclic amines) is 1. The highest BCUT2D eigenvalue weighted by Crippen LogP contribution is 2.38. The fourth-order valence-corrected chi connectivity index (χ4v) is 4.79. The number of carbonyl (C=O) groups excluding carboxylic acids is 2. The Labute approximate surface area is 178 Å². The number of hydrogen-bond donors (Lipinski definition) is 1. The first-order chi connectivity index (χ1) is 14.6. The number of amides is 2. The summed E-state index contributed by atoms with van der Waals surface area (Å²) in [4.78, 5) is 27.6. The Morgan fingerprint density at radius 1 is 1.07 bits per heavy atom. The van der Waals surface area contributed by atoms with Crippen molar-refractivity contribution in [3.05, 3.63) is 65.7 Å². The van der Waals surface area contributed by atoms with Gasteiger partial charge in [0.15, 0.2) is 0 Å². The van der Waals surface area contributed by atoms with E-state index in [9.17, 15) is 9.59 Å². The lowest BCUT2D eigenvalue weighted by Crippen LogP contribution is -2.49. The summed E-state index contributed by atoms with van der Waals surface area (Å²) in [5.74, 6) is 0.574. The zero-order valence-electron chi connectivity index (χ0n) is 17.6. The van der Waals surface area contributed by atoms with Gasteiger partial charge in [-0.25, -0.2) is 0 Å². The maximum Gasteiger partial charge on any atom is 0.226 e. The molecule has 1 saturated carbocycles. The highest BCUT2D eigenvalue weighted by Gasteiger charge is 2.40. The molecule has 0 bridgehead atoms. The van der Waals surface area contributed by atoms with E-state index in [0.717, 1.165) is 42.6 Å². The Bertz CT molecular complexity index is 873. The maximum absolute atomic E-state index is 13.2. The average Bonchev–Trinajstić information content (AvgIpc) is 3.15. The van der Waals surface area contributed by atoms with E-state index < -0.39 is 0 Å². The number of nitrogens with zero attached hydrogens (tertiary/aromatic N) is 1. The van der Waals surface area contributed by atoms with Gasteiger partial charge in [0.2, 0.25) is 11.8 Å². The van der Waals surface area contributed by atoms with Crippen LogP contribution in [0, 0.1) is 5.92 Å². The summed E-state index contributed by atoms with van der Waals surface area (Å²) in [5.41, 5.74) is 1.87. The van der Waals surface area contributed by atoms with Crippen molar-refractivity contribution in [2.75, 3.05) is 13.7 Å². The van der Waals surface area contributed by atoms with Crippen molar-refractivity contribution in [1.29, 1.82) is 0 Å². The van der Waals surface area contributed by atoms with Gasteiger partial charge in [-0.2, -0.15) is 0 Å². The van der Waals surface area contributed by atoms with Crippen LogP contribution >= 0.6 is 0 Å². The second-order valence-corrected chi connectivity index (χ2v) is 8.52. The molecule has 1 atom stereocenters. The van der Waals surface area contributed by atoms with Crippen LogP contribution in [0.3, 0.4) is 0 Å². The molecule has 2 amide bonds. The van der Waals surface area contributed by atoms with E-state index in [1.54, 1.807) is 12.0 Å². The van der Waals surface area contributed by atoms with Crippen LogP contribution in [0.2, 0.25) is 0 Å². The third-order valence-corrected chi connectivity index (χ3v) is 6.51. The topological polar surface area (TPSA) is 58.6 Å². The molecule has 0 aromatic heterocycles. The lowest BCUT2D eigenvalue weighted by Gasteiger charge is -2.39. The van der Waals surface area contributed by atoms with Crippen molar-refractivity contribution in [1.82, 2.24) is 10.2 Å². The van der Waals surface area contributed by atoms with Crippen molar-refractivity contribution in [2.45, 2.75) is 50.6 Å². The van der Waals surface area contributed by atoms with Crippen LogP contribution in [0.1, 0.15) is 49.7 Å². The first kappa shape index (κ1) is 20.5. The number of methoxy groups -OCH3 is 1. The monoisotopic (exact) mass is 406 g/mol. The second kappa shape index (κ2) is 8.90. The Hall–Kier alpha value is -2.82. The molecule has 0 radical (unpaired) electrons.